The van der Waals surface area contributed by atoms with Crippen LogP contribution in [0.25, 0.3) is 0 Å². The number of nitrogen functional groups attached to an aromatic ring is 1. The lowest BCUT2D eigenvalue weighted by molar-refractivity contribution is -0.120. The SMILES string of the molecule is COc1ccc(CNC(=O)C(C)Sc2nnc(COc3ccccc3F)n2N)cc1OC. The number of benzene rings is 2. The fourth-order valence-corrected chi connectivity index (χ4v) is 3.54. The summed E-state index contributed by atoms with van der Waals surface area (Å²) < 4.78 is 30.8. The normalized spacial score (nSPS) is 11.6. The number of carbonyl (C=O) groups is 1. The number of halogens is 1. The van der Waals surface area contributed by atoms with Crippen molar-refractivity contribution in [3.05, 3.63) is 59.7 Å². The van der Waals surface area contributed by atoms with Gasteiger partial charge in [0.25, 0.3) is 0 Å². The average molecular weight is 462 g/mol. The van der Waals surface area contributed by atoms with E-state index < -0.39 is 11.1 Å². The molecule has 170 valence electrons. The number of carbonyl (C=O) groups excluding carboxylic acids is 1. The lowest BCUT2D eigenvalue weighted by atomic mass is 10.2. The molecule has 1 amide bonds. The summed E-state index contributed by atoms with van der Waals surface area (Å²) in [6.45, 7) is 1.99. The van der Waals surface area contributed by atoms with Crippen molar-refractivity contribution in [3.8, 4) is 17.2 Å². The minimum atomic E-state index is -0.484. The lowest BCUT2D eigenvalue weighted by Crippen LogP contribution is -2.31. The van der Waals surface area contributed by atoms with Crippen LogP contribution in [0.15, 0.2) is 47.6 Å². The maximum atomic E-state index is 13.7. The average Bonchev–Trinajstić information content (AvgIpc) is 3.15. The molecule has 1 unspecified atom stereocenters. The first-order valence-electron chi connectivity index (χ1n) is 9.65. The Balaban J connectivity index is 1.54. The van der Waals surface area contributed by atoms with Crippen LogP contribution in [0.1, 0.15) is 18.3 Å². The molecule has 3 rings (SSSR count). The molecular formula is C21H24FN5O4S. The number of nitrogens with two attached hydrogens (primary N) is 1. The zero-order valence-corrected chi connectivity index (χ0v) is 18.7. The van der Waals surface area contributed by atoms with Crippen LogP contribution in [0.2, 0.25) is 0 Å². The van der Waals surface area contributed by atoms with Crippen LogP contribution in [-0.4, -0.2) is 40.3 Å². The van der Waals surface area contributed by atoms with E-state index in [2.05, 4.69) is 15.5 Å². The van der Waals surface area contributed by atoms with Gasteiger partial charge in [-0.1, -0.05) is 30.0 Å². The molecule has 0 spiro atoms. The van der Waals surface area contributed by atoms with Crippen LogP contribution in [0.3, 0.4) is 0 Å². The van der Waals surface area contributed by atoms with E-state index in [-0.39, 0.29) is 18.3 Å². The molecule has 3 aromatic rings. The molecule has 1 heterocycles. The molecule has 1 atom stereocenters. The molecule has 32 heavy (non-hydrogen) atoms. The summed E-state index contributed by atoms with van der Waals surface area (Å²) >= 11 is 1.15. The molecule has 0 aliphatic rings. The second kappa shape index (κ2) is 10.7. The summed E-state index contributed by atoms with van der Waals surface area (Å²) in [6.07, 6.45) is 0. The first kappa shape index (κ1) is 23.2. The maximum Gasteiger partial charge on any atom is 0.233 e. The molecule has 0 saturated heterocycles. The van der Waals surface area contributed by atoms with Gasteiger partial charge in [0.1, 0.15) is 6.61 Å². The van der Waals surface area contributed by atoms with Crippen LogP contribution in [-0.2, 0) is 17.9 Å². The molecule has 3 N–H and O–H groups in total. The number of rotatable bonds is 10. The van der Waals surface area contributed by atoms with Crippen molar-refractivity contribution in [1.82, 2.24) is 20.2 Å². The summed E-state index contributed by atoms with van der Waals surface area (Å²) in [4.78, 5) is 12.5. The number of aromatic nitrogens is 3. The zero-order chi connectivity index (χ0) is 23.1. The first-order chi connectivity index (χ1) is 15.4. The number of thioether (sulfide) groups is 1. The smallest absolute Gasteiger partial charge is 0.233 e. The Hall–Kier alpha value is -3.47. The second-order valence-corrected chi connectivity index (χ2v) is 7.96. The predicted molar refractivity (Wildman–Crippen MR) is 118 cm³/mol. The van der Waals surface area contributed by atoms with E-state index in [0.717, 1.165) is 17.3 Å². The van der Waals surface area contributed by atoms with Crippen LogP contribution >= 0.6 is 11.8 Å². The van der Waals surface area contributed by atoms with Crippen molar-refractivity contribution in [2.75, 3.05) is 20.1 Å². The number of nitrogens with one attached hydrogen (secondary N) is 1. The van der Waals surface area contributed by atoms with E-state index in [1.165, 1.54) is 16.8 Å². The van der Waals surface area contributed by atoms with Gasteiger partial charge >= 0.3 is 0 Å². The number of para-hydroxylation sites is 1. The molecule has 0 aliphatic carbocycles. The Morgan fingerprint density at radius 2 is 1.91 bits per heavy atom. The Kier molecular flexibility index (Phi) is 7.77. The van der Waals surface area contributed by atoms with Crippen LogP contribution in [0, 0.1) is 5.82 Å². The third-order valence-corrected chi connectivity index (χ3v) is 5.55. The summed E-state index contributed by atoms with van der Waals surface area (Å²) in [5.41, 5.74) is 0.864. The number of methoxy groups -OCH3 is 2. The summed E-state index contributed by atoms with van der Waals surface area (Å²) in [5, 5.41) is 10.7. The van der Waals surface area contributed by atoms with Crippen molar-refractivity contribution in [1.29, 1.82) is 0 Å². The number of amides is 1. The highest BCUT2D eigenvalue weighted by atomic mass is 32.2. The highest BCUT2D eigenvalue weighted by Gasteiger charge is 2.20. The third-order valence-electron chi connectivity index (χ3n) is 4.49. The summed E-state index contributed by atoms with van der Waals surface area (Å²) in [5.74, 6) is 6.93. The molecule has 0 fully saturated rings. The summed E-state index contributed by atoms with van der Waals surface area (Å²) in [7, 11) is 3.11. The molecule has 9 nitrogen and oxygen atoms in total. The molecule has 0 saturated carbocycles. The highest BCUT2D eigenvalue weighted by molar-refractivity contribution is 8.00. The van der Waals surface area contributed by atoms with Crippen molar-refractivity contribution in [2.24, 2.45) is 0 Å². The maximum absolute atomic E-state index is 13.7. The monoisotopic (exact) mass is 461 g/mol. The Morgan fingerprint density at radius 1 is 1.16 bits per heavy atom. The fraction of sp³-hybridized carbons (Fsp3) is 0.286. The standard InChI is InChI=1S/C21H24FN5O4S/c1-13(20(28)24-11-14-8-9-17(29-2)18(10-14)30-3)32-21-26-25-19(27(21)23)12-31-16-7-5-4-6-15(16)22/h4-10,13H,11-12,23H2,1-3H3,(H,24,28). The fourth-order valence-electron chi connectivity index (χ4n) is 2.73. The van der Waals surface area contributed by atoms with Gasteiger partial charge in [-0.15, -0.1) is 10.2 Å². The predicted octanol–water partition coefficient (Wildman–Crippen LogP) is 2.52. The van der Waals surface area contributed by atoms with Gasteiger partial charge in [0.15, 0.2) is 28.9 Å². The molecular weight excluding hydrogens is 437 g/mol. The van der Waals surface area contributed by atoms with Crippen molar-refractivity contribution >= 4 is 17.7 Å². The van der Waals surface area contributed by atoms with E-state index in [0.29, 0.717) is 29.0 Å². The zero-order valence-electron chi connectivity index (χ0n) is 17.9. The van der Waals surface area contributed by atoms with Gasteiger partial charge < -0.3 is 25.4 Å². The van der Waals surface area contributed by atoms with E-state index in [4.69, 9.17) is 20.1 Å². The molecule has 0 aliphatic heterocycles. The number of hydrogen-bond acceptors (Lipinski definition) is 8. The van der Waals surface area contributed by atoms with Gasteiger partial charge in [-0.05, 0) is 36.8 Å². The van der Waals surface area contributed by atoms with Gasteiger partial charge in [0.2, 0.25) is 11.1 Å². The van der Waals surface area contributed by atoms with Crippen LogP contribution < -0.4 is 25.4 Å². The number of ether oxygens (including phenoxy) is 3. The minimum Gasteiger partial charge on any atom is -0.493 e. The van der Waals surface area contributed by atoms with Gasteiger partial charge in [-0.3, -0.25) is 4.79 Å². The number of hydrogen-bond donors (Lipinski definition) is 2. The van der Waals surface area contributed by atoms with E-state index in [9.17, 15) is 9.18 Å². The Morgan fingerprint density at radius 3 is 2.62 bits per heavy atom. The van der Waals surface area contributed by atoms with E-state index in [1.54, 1.807) is 45.4 Å². The second-order valence-electron chi connectivity index (χ2n) is 6.66. The quantitative estimate of drug-likeness (QED) is 0.350. The summed E-state index contributed by atoms with van der Waals surface area (Å²) in [6, 6.07) is 11.5. The van der Waals surface area contributed by atoms with Crippen molar-refractivity contribution in [3.63, 3.8) is 0 Å². The van der Waals surface area contributed by atoms with Crippen LogP contribution in [0.5, 0.6) is 17.2 Å². The minimum absolute atomic E-state index is 0.0646. The van der Waals surface area contributed by atoms with Crippen molar-refractivity contribution < 1.29 is 23.4 Å². The lowest BCUT2D eigenvalue weighted by Gasteiger charge is -2.13. The molecule has 1 aromatic heterocycles. The van der Waals surface area contributed by atoms with Crippen LogP contribution in [0.4, 0.5) is 4.39 Å². The van der Waals surface area contributed by atoms with Crippen molar-refractivity contribution in [2.45, 2.75) is 30.5 Å². The third kappa shape index (κ3) is 5.61. The van der Waals surface area contributed by atoms with Gasteiger partial charge in [-0.25, -0.2) is 9.07 Å². The highest BCUT2D eigenvalue weighted by Crippen LogP contribution is 2.27. The van der Waals surface area contributed by atoms with Gasteiger partial charge in [-0.2, -0.15) is 0 Å². The van der Waals surface area contributed by atoms with E-state index >= 15 is 0 Å². The molecule has 2 aromatic carbocycles. The first-order valence-corrected chi connectivity index (χ1v) is 10.5. The molecule has 0 bridgehead atoms. The Bertz CT molecular complexity index is 1080. The van der Waals surface area contributed by atoms with Gasteiger partial charge in [0.05, 0.1) is 19.5 Å². The van der Waals surface area contributed by atoms with Gasteiger partial charge in [0, 0.05) is 6.54 Å². The molecule has 0 radical (unpaired) electrons. The van der Waals surface area contributed by atoms with E-state index in [1.807, 2.05) is 6.07 Å². The largest absolute Gasteiger partial charge is 0.493 e. The molecule has 11 heteroatoms. The number of nitrogens with zero attached hydrogens (tertiary/aromatic N) is 3. The topological polar surface area (TPSA) is 114 Å². The Labute approximate surface area is 189 Å².